The van der Waals surface area contributed by atoms with Crippen molar-refractivity contribution >= 4 is 29.4 Å². The van der Waals surface area contributed by atoms with Crippen LogP contribution in [0.4, 0.5) is 0 Å². The van der Waals surface area contributed by atoms with E-state index in [-0.39, 0.29) is 31.4 Å². The summed E-state index contributed by atoms with van der Waals surface area (Å²) in [7, 11) is 0. The van der Waals surface area contributed by atoms with E-state index >= 15 is 0 Å². The minimum absolute atomic E-state index is 0.0921. The number of allylic oxidation sites excluding steroid dienone is 1. The quantitative estimate of drug-likeness (QED) is 0.362. The molecule has 1 aliphatic heterocycles. The van der Waals surface area contributed by atoms with Gasteiger partial charge in [0, 0.05) is 35.2 Å². The third-order valence-electron chi connectivity index (χ3n) is 6.67. The van der Waals surface area contributed by atoms with Gasteiger partial charge in [-0.25, -0.2) is 4.79 Å². The van der Waals surface area contributed by atoms with Gasteiger partial charge in [-0.15, -0.1) is 0 Å². The zero-order chi connectivity index (χ0) is 27.1. The molecule has 0 fully saturated rings. The minimum Gasteiger partial charge on any atom is -0.463 e. The van der Waals surface area contributed by atoms with Crippen molar-refractivity contribution in [1.29, 1.82) is 0 Å². The lowest BCUT2D eigenvalue weighted by Crippen LogP contribution is -2.38. The first-order chi connectivity index (χ1) is 18.4. The summed E-state index contributed by atoms with van der Waals surface area (Å²) in [5, 5.41) is 3.46. The first kappa shape index (κ1) is 27.1. The summed E-state index contributed by atoms with van der Waals surface area (Å²) < 4.78 is 5.37. The van der Waals surface area contributed by atoms with Gasteiger partial charge >= 0.3 is 5.97 Å². The molecule has 0 bridgehead atoms. The van der Waals surface area contributed by atoms with Gasteiger partial charge in [-0.05, 0) is 55.2 Å². The number of carbonyl (C=O) groups is 3. The van der Waals surface area contributed by atoms with Gasteiger partial charge in [0.15, 0.2) is 0 Å². The van der Waals surface area contributed by atoms with Crippen LogP contribution < -0.4 is 5.32 Å². The Hall–Kier alpha value is -3.90. The first-order valence-corrected chi connectivity index (χ1v) is 13.1. The number of esters is 1. The van der Waals surface area contributed by atoms with Crippen molar-refractivity contribution in [3.05, 3.63) is 117 Å². The monoisotopic (exact) mass is 530 g/mol. The summed E-state index contributed by atoms with van der Waals surface area (Å²) in [5.74, 6) is -1.25. The number of ether oxygens (including phenoxy) is 1. The highest BCUT2D eigenvalue weighted by molar-refractivity contribution is 6.31. The SMILES string of the molecule is CCOC(=O)C1=C(C)N(Cc2cccc(C(=O)NCCc3ccccc3)c2)C(=O)CC1c1ccccc1Cl. The molecule has 1 unspecified atom stereocenters. The molecule has 1 aliphatic rings. The predicted molar refractivity (Wildman–Crippen MR) is 148 cm³/mol. The van der Waals surface area contributed by atoms with Crippen LogP contribution in [0.3, 0.4) is 0 Å². The molecule has 1 atom stereocenters. The molecule has 7 heteroatoms. The zero-order valence-corrected chi connectivity index (χ0v) is 22.3. The highest BCUT2D eigenvalue weighted by Gasteiger charge is 2.37. The summed E-state index contributed by atoms with van der Waals surface area (Å²) >= 11 is 6.45. The molecule has 38 heavy (non-hydrogen) atoms. The van der Waals surface area contributed by atoms with Crippen LogP contribution >= 0.6 is 11.6 Å². The second kappa shape index (κ2) is 12.6. The van der Waals surface area contributed by atoms with Crippen LogP contribution in [0.15, 0.2) is 90.1 Å². The van der Waals surface area contributed by atoms with Gasteiger partial charge in [-0.2, -0.15) is 0 Å². The third kappa shape index (κ3) is 6.32. The summed E-state index contributed by atoms with van der Waals surface area (Å²) in [6, 6.07) is 24.4. The van der Waals surface area contributed by atoms with E-state index in [0.717, 1.165) is 23.1 Å². The van der Waals surface area contributed by atoms with Crippen molar-refractivity contribution in [2.75, 3.05) is 13.2 Å². The molecule has 0 saturated heterocycles. The summed E-state index contributed by atoms with van der Waals surface area (Å²) in [4.78, 5) is 40.8. The van der Waals surface area contributed by atoms with Crippen LogP contribution in [0.1, 0.15) is 53.2 Å². The van der Waals surface area contributed by atoms with Crippen LogP contribution in [0.2, 0.25) is 5.02 Å². The van der Waals surface area contributed by atoms with Crippen molar-refractivity contribution in [1.82, 2.24) is 10.2 Å². The largest absolute Gasteiger partial charge is 0.463 e. The smallest absolute Gasteiger partial charge is 0.336 e. The Balaban J connectivity index is 1.54. The van der Waals surface area contributed by atoms with Crippen molar-refractivity contribution in [2.45, 2.75) is 39.2 Å². The van der Waals surface area contributed by atoms with Crippen molar-refractivity contribution < 1.29 is 19.1 Å². The fourth-order valence-corrected chi connectivity index (χ4v) is 5.03. The van der Waals surface area contributed by atoms with Gasteiger partial charge in [0.2, 0.25) is 5.91 Å². The van der Waals surface area contributed by atoms with Crippen LogP contribution in [-0.4, -0.2) is 35.8 Å². The lowest BCUT2D eigenvalue weighted by Gasteiger charge is -2.34. The van der Waals surface area contributed by atoms with Gasteiger partial charge in [0.05, 0.1) is 18.7 Å². The fraction of sp³-hybridized carbons (Fsp3) is 0.258. The molecule has 1 N–H and O–H groups in total. The number of amides is 2. The maximum absolute atomic E-state index is 13.3. The number of rotatable bonds is 9. The summed E-state index contributed by atoms with van der Waals surface area (Å²) in [6.45, 7) is 4.48. The Bertz CT molecular complexity index is 1350. The molecule has 3 aromatic rings. The van der Waals surface area contributed by atoms with E-state index in [4.69, 9.17) is 16.3 Å². The fourth-order valence-electron chi connectivity index (χ4n) is 4.76. The van der Waals surface area contributed by atoms with E-state index in [1.807, 2.05) is 54.6 Å². The number of halogens is 1. The van der Waals surface area contributed by atoms with Crippen molar-refractivity contribution in [3.8, 4) is 0 Å². The lowest BCUT2D eigenvalue weighted by atomic mass is 9.83. The Morgan fingerprint density at radius 2 is 1.71 bits per heavy atom. The molecular weight excluding hydrogens is 500 g/mol. The molecule has 196 valence electrons. The van der Waals surface area contributed by atoms with Gasteiger partial charge in [0.1, 0.15) is 0 Å². The van der Waals surface area contributed by atoms with Gasteiger partial charge in [0.25, 0.3) is 5.91 Å². The molecule has 0 saturated carbocycles. The van der Waals surface area contributed by atoms with Gasteiger partial charge < -0.3 is 15.0 Å². The molecule has 0 aromatic heterocycles. The van der Waals surface area contributed by atoms with Crippen LogP contribution in [0.25, 0.3) is 0 Å². The molecule has 6 nitrogen and oxygen atoms in total. The Morgan fingerprint density at radius 1 is 1.00 bits per heavy atom. The molecule has 3 aromatic carbocycles. The number of benzene rings is 3. The number of hydrogen-bond donors (Lipinski definition) is 1. The summed E-state index contributed by atoms with van der Waals surface area (Å²) in [5.41, 5.74) is 4.13. The molecule has 0 aliphatic carbocycles. The molecule has 0 radical (unpaired) electrons. The van der Waals surface area contributed by atoms with E-state index in [2.05, 4.69) is 5.32 Å². The molecule has 2 amide bonds. The predicted octanol–water partition coefficient (Wildman–Crippen LogP) is 5.67. The van der Waals surface area contributed by atoms with E-state index in [1.165, 1.54) is 0 Å². The Kier molecular flexibility index (Phi) is 8.98. The number of hydrogen-bond acceptors (Lipinski definition) is 4. The normalized spacial score (nSPS) is 15.4. The molecule has 4 rings (SSSR count). The van der Waals surface area contributed by atoms with Crippen molar-refractivity contribution in [2.24, 2.45) is 0 Å². The van der Waals surface area contributed by atoms with Crippen LogP contribution in [0, 0.1) is 0 Å². The summed E-state index contributed by atoms with van der Waals surface area (Å²) in [6.07, 6.45) is 0.830. The minimum atomic E-state index is -0.492. The maximum atomic E-state index is 13.3. The van der Waals surface area contributed by atoms with E-state index in [0.29, 0.717) is 28.4 Å². The zero-order valence-electron chi connectivity index (χ0n) is 21.6. The average molecular weight is 531 g/mol. The lowest BCUT2D eigenvalue weighted by molar-refractivity contribution is -0.140. The van der Waals surface area contributed by atoms with E-state index < -0.39 is 11.9 Å². The van der Waals surface area contributed by atoms with Crippen LogP contribution in [0.5, 0.6) is 0 Å². The maximum Gasteiger partial charge on any atom is 0.336 e. The topological polar surface area (TPSA) is 75.7 Å². The second-order valence-corrected chi connectivity index (χ2v) is 9.58. The number of carbonyl (C=O) groups excluding carboxylic acids is 3. The van der Waals surface area contributed by atoms with E-state index in [1.54, 1.807) is 43.0 Å². The van der Waals surface area contributed by atoms with Crippen LogP contribution in [-0.2, 0) is 27.3 Å². The highest BCUT2D eigenvalue weighted by Crippen LogP contribution is 2.40. The second-order valence-electron chi connectivity index (χ2n) is 9.17. The van der Waals surface area contributed by atoms with Crippen molar-refractivity contribution in [3.63, 3.8) is 0 Å². The number of nitrogens with zero attached hydrogens (tertiary/aromatic N) is 1. The Morgan fingerprint density at radius 3 is 2.45 bits per heavy atom. The molecule has 0 spiro atoms. The average Bonchev–Trinajstić information content (AvgIpc) is 2.92. The standard InChI is InChI=1S/C31H31ClN2O4/c1-3-38-31(37)29-21(2)34(28(35)19-26(29)25-14-7-8-15-27(25)32)20-23-12-9-13-24(18-23)30(36)33-17-16-22-10-5-4-6-11-22/h4-15,18,26H,3,16-17,19-20H2,1-2H3,(H,33,36). The number of nitrogens with one attached hydrogen (secondary N) is 1. The Labute approximate surface area is 228 Å². The molecule has 1 heterocycles. The third-order valence-corrected chi connectivity index (χ3v) is 7.02. The first-order valence-electron chi connectivity index (χ1n) is 12.7. The molecular formula is C31H31ClN2O4. The van der Waals surface area contributed by atoms with E-state index in [9.17, 15) is 14.4 Å². The van der Waals surface area contributed by atoms with Gasteiger partial charge in [-0.3, -0.25) is 9.59 Å². The highest BCUT2D eigenvalue weighted by atomic mass is 35.5. The van der Waals surface area contributed by atoms with Gasteiger partial charge in [-0.1, -0.05) is 72.3 Å².